The van der Waals surface area contributed by atoms with Gasteiger partial charge in [-0.15, -0.1) is 0 Å². The summed E-state index contributed by atoms with van der Waals surface area (Å²) in [4.78, 5) is 25.6. The predicted molar refractivity (Wildman–Crippen MR) is 127 cm³/mol. The van der Waals surface area contributed by atoms with E-state index in [0.29, 0.717) is 40.7 Å². The largest absolute Gasteiger partial charge is 0.489 e. The van der Waals surface area contributed by atoms with E-state index in [1.165, 1.54) is 0 Å². The summed E-state index contributed by atoms with van der Waals surface area (Å²) in [6.07, 6.45) is 0. The summed E-state index contributed by atoms with van der Waals surface area (Å²) in [7, 11) is 0. The number of hydrogen-bond acceptors (Lipinski definition) is 6. The smallest absolute Gasteiger partial charge is 0.338 e. The lowest BCUT2D eigenvalue weighted by atomic mass is 9.95. The van der Waals surface area contributed by atoms with Gasteiger partial charge in [-0.25, -0.2) is 9.59 Å². The molecule has 3 aromatic rings. The van der Waals surface area contributed by atoms with Crippen molar-refractivity contribution in [2.75, 3.05) is 6.79 Å². The van der Waals surface area contributed by atoms with Crippen LogP contribution in [0.15, 0.2) is 84.1 Å². The molecule has 0 radical (unpaired) electrons. The van der Waals surface area contributed by atoms with Gasteiger partial charge < -0.3 is 29.6 Å². The molecule has 0 saturated heterocycles. The zero-order valence-electron chi connectivity index (χ0n) is 19.1. The summed E-state index contributed by atoms with van der Waals surface area (Å²) < 4.78 is 22.4. The fourth-order valence-electron chi connectivity index (χ4n) is 4.04. The molecule has 35 heavy (non-hydrogen) atoms. The SMILES string of the molecule is CC1=C(C(=O)OCc2ccc3c(c2)OCO3)[C@@H](c2ccccc2OCc2ccccc2)NC(=O)N1. The minimum atomic E-state index is -0.736. The number of ether oxygens (including phenoxy) is 4. The number of rotatable bonds is 7. The quantitative estimate of drug-likeness (QED) is 0.496. The number of fused-ring (bicyclic) bond motifs is 1. The van der Waals surface area contributed by atoms with Crippen LogP contribution in [0.1, 0.15) is 29.7 Å². The number of hydrogen-bond donors (Lipinski definition) is 2. The fourth-order valence-corrected chi connectivity index (χ4v) is 4.04. The summed E-state index contributed by atoms with van der Waals surface area (Å²) in [5.74, 6) is 1.29. The van der Waals surface area contributed by atoms with Crippen molar-refractivity contribution in [3.63, 3.8) is 0 Å². The first-order valence-corrected chi connectivity index (χ1v) is 11.2. The van der Waals surface area contributed by atoms with Gasteiger partial charge in [0.2, 0.25) is 6.79 Å². The van der Waals surface area contributed by atoms with E-state index in [1.807, 2.05) is 60.7 Å². The molecule has 5 rings (SSSR count). The van der Waals surface area contributed by atoms with Crippen LogP contribution in [-0.4, -0.2) is 18.8 Å². The highest BCUT2D eigenvalue weighted by molar-refractivity contribution is 5.95. The van der Waals surface area contributed by atoms with E-state index >= 15 is 0 Å². The maximum absolute atomic E-state index is 13.2. The van der Waals surface area contributed by atoms with Crippen molar-refractivity contribution in [2.24, 2.45) is 0 Å². The Hall–Kier alpha value is -4.46. The number of allylic oxidation sites excluding steroid dienone is 1. The topological polar surface area (TPSA) is 95.1 Å². The number of urea groups is 1. The first kappa shape index (κ1) is 22.3. The number of carbonyl (C=O) groups is 2. The number of benzene rings is 3. The Bertz CT molecular complexity index is 1290. The molecule has 0 spiro atoms. The standard InChI is InChI=1S/C27H24N2O6/c1-17-24(26(30)33-15-19-11-12-22-23(13-19)35-16-34-22)25(29-27(31)28-17)20-9-5-6-10-21(20)32-14-18-7-3-2-4-8-18/h2-13,25H,14-16H2,1H3,(H2,28,29,31)/t25-/m1/s1. The van der Waals surface area contributed by atoms with Gasteiger partial charge in [-0.3, -0.25) is 0 Å². The summed E-state index contributed by atoms with van der Waals surface area (Å²) >= 11 is 0. The number of nitrogens with one attached hydrogen (secondary N) is 2. The van der Waals surface area contributed by atoms with Gasteiger partial charge in [0.1, 0.15) is 19.0 Å². The van der Waals surface area contributed by atoms with Crippen LogP contribution in [0, 0.1) is 0 Å². The number of carbonyl (C=O) groups excluding carboxylic acids is 2. The fraction of sp³-hybridized carbons (Fsp3) is 0.185. The Labute approximate surface area is 202 Å². The molecule has 0 bridgehead atoms. The van der Waals surface area contributed by atoms with E-state index in [4.69, 9.17) is 18.9 Å². The van der Waals surface area contributed by atoms with Crippen LogP contribution in [0.3, 0.4) is 0 Å². The van der Waals surface area contributed by atoms with Crippen molar-refractivity contribution in [2.45, 2.75) is 26.2 Å². The zero-order valence-corrected chi connectivity index (χ0v) is 19.1. The van der Waals surface area contributed by atoms with E-state index in [2.05, 4.69) is 10.6 Å². The second kappa shape index (κ2) is 9.80. The molecule has 2 aliphatic heterocycles. The monoisotopic (exact) mass is 472 g/mol. The van der Waals surface area contributed by atoms with Crippen LogP contribution in [0.25, 0.3) is 0 Å². The van der Waals surface area contributed by atoms with Gasteiger partial charge in [-0.1, -0.05) is 54.6 Å². The molecule has 2 amide bonds. The van der Waals surface area contributed by atoms with Crippen LogP contribution in [-0.2, 0) is 22.7 Å². The predicted octanol–water partition coefficient (Wildman–Crippen LogP) is 4.37. The first-order chi connectivity index (χ1) is 17.1. The van der Waals surface area contributed by atoms with E-state index in [9.17, 15) is 9.59 Å². The third-order valence-corrected chi connectivity index (χ3v) is 5.76. The van der Waals surface area contributed by atoms with Crippen LogP contribution >= 0.6 is 0 Å². The van der Waals surface area contributed by atoms with Gasteiger partial charge in [0.05, 0.1) is 11.6 Å². The third kappa shape index (κ3) is 4.91. The van der Waals surface area contributed by atoms with Crippen molar-refractivity contribution >= 4 is 12.0 Å². The molecule has 1 atom stereocenters. The Kier molecular flexibility index (Phi) is 6.26. The summed E-state index contributed by atoms with van der Waals surface area (Å²) in [6.45, 7) is 2.24. The molecule has 2 N–H and O–H groups in total. The molecule has 0 aromatic heterocycles. The molecule has 178 valence electrons. The average Bonchev–Trinajstić information content (AvgIpc) is 3.34. The zero-order chi connectivity index (χ0) is 24.2. The molecule has 0 aliphatic carbocycles. The van der Waals surface area contributed by atoms with Gasteiger partial charge in [0.25, 0.3) is 0 Å². The van der Waals surface area contributed by atoms with Gasteiger partial charge in [-0.05, 0) is 36.2 Å². The molecule has 0 saturated carbocycles. The summed E-state index contributed by atoms with van der Waals surface area (Å²) in [5.41, 5.74) is 3.16. The Balaban J connectivity index is 1.36. The molecule has 2 heterocycles. The molecule has 3 aromatic carbocycles. The molecular formula is C27H24N2O6. The molecule has 0 fully saturated rings. The minimum absolute atomic E-state index is 0.0407. The number of esters is 1. The van der Waals surface area contributed by atoms with Crippen molar-refractivity contribution in [3.05, 3.63) is 101 Å². The first-order valence-electron chi connectivity index (χ1n) is 11.2. The van der Waals surface area contributed by atoms with Gasteiger partial charge in [0.15, 0.2) is 11.5 Å². The lowest BCUT2D eigenvalue weighted by Crippen LogP contribution is -2.45. The van der Waals surface area contributed by atoms with Crippen molar-refractivity contribution < 1.29 is 28.5 Å². The van der Waals surface area contributed by atoms with Crippen LogP contribution < -0.4 is 24.8 Å². The number of amides is 2. The molecule has 8 nitrogen and oxygen atoms in total. The van der Waals surface area contributed by atoms with Crippen molar-refractivity contribution in [3.8, 4) is 17.2 Å². The Morgan fingerprint density at radius 1 is 0.943 bits per heavy atom. The van der Waals surface area contributed by atoms with Crippen molar-refractivity contribution in [1.82, 2.24) is 10.6 Å². The highest BCUT2D eigenvalue weighted by Gasteiger charge is 2.34. The maximum Gasteiger partial charge on any atom is 0.338 e. The van der Waals surface area contributed by atoms with E-state index < -0.39 is 18.0 Å². The number of para-hydroxylation sites is 1. The van der Waals surface area contributed by atoms with Crippen LogP contribution in [0.5, 0.6) is 17.2 Å². The molecule has 0 unspecified atom stereocenters. The van der Waals surface area contributed by atoms with E-state index in [1.54, 1.807) is 19.1 Å². The normalized spacial score (nSPS) is 16.4. The maximum atomic E-state index is 13.2. The highest BCUT2D eigenvalue weighted by atomic mass is 16.7. The third-order valence-electron chi connectivity index (χ3n) is 5.76. The average molecular weight is 472 g/mol. The second-order valence-electron chi connectivity index (χ2n) is 8.15. The Morgan fingerprint density at radius 2 is 1.71 bits per heavy atom. The van der Waals surface area contributed by atoms with E-state index in [-0.39, 0.29) is 13.4 Å². The lowest BCUT2D eigenvalue weighted by Gasteiger charge is -2.29. The van der Waals surface area contributed by atoms with E-state index in [0.717, 1.165) is 11.1 Å². The minimum Gasteiger partial charge on any atom is -0.489 e. The molecule has 8 heteroatoms. The summed E-state index contributed by atoms with van der Waals surface area (Å²) in [6, 6.07) is 21.3. The lowest BCUT2D eigenvalue weighted by molar-refractivity contribution is -0.140. The molecular weight excluding hydrogens is 448 g/mol. The Morgan fingerprint density at radius 3 is 2.57 bits per heavy atom. The summed E-state index contributed by atoms with van der Waals surface area (Å²) in [5, 5.41) is 5.51. The van der Waals surface area contributed by atoms with Crippen LogP contribution in [0.2, 0.25) is 0 Å². The van der Waals surface area contributed by atoms with Gasteiger partial charge >= 0.3 is 12.0 Å². The highest BCUT2D eigenvalue weighted by Crippen LogP contribution is 2.35. The van der Waals surface area contributed by atoms with Crippen LogP contribution in [0.4, 0.5) is 4.79 Å². The molecule has 2 aliphatic rings. The van der Waals surface area contributed by atoms with Gasteiger partial charge in [0, 0.05) is 11.3 Å². The van der Waals surface area contributed by atoms with Gasteiger partial charge in [-0.2, -0.15) is 0 Å². The second-order valence-corrected chi connectivity index (χ2v) is 8.15. The van der Waals surface area contributed by atoms with Crippen molar-refractivity contribution in [1.29, 1.82) is 0 Å².